The van der Waals surface area contributed by atoms with Crippen molar-refractivity contribution < 1.29 is 14.3 Å². The standard InChI is InChI=1S/C20H25BO3/c1-15(2)20(22)24-12-6-4-3-5-11-23-19-10-8-16-13-18(21)9-7-17(16)14-19/h7-10,13-14H,1,3-6,11-12,21H2,2H3. The van der Waals surface area contributed by atoms with Crippen molar-refractivity contribution in [3.63, 3.8) is 0 Å². The lowest BCUT2D eigenvalue weighted by atomic mass is 9.93. The molecule has 0 aliphatic heterocycles. The molecule has 4 heteroatoms. The van der Waals surface area contributed by atoms with E-state index >= 15 is 0 Å². The summed E-state index contributed by atoms with van der Waals surface area (Å²) in [7, 11) is 2.10. The molecule has 0 spiro atoms. The Morgan fingerprint density at radius 2 is 1.67 bits per heavy atom. The molecule has 0 atom stereocenters. The monoisotopic (exact) mass is 324 g/mol. The van der Waals surface area contributed by atoms with Gasteiger partial charge in [0, 0.05) is 5.57 Å². The number of rotatable bonds is 9. The number of hydrogen-bond acceptors (Lipinski definition) is 3. The quantitative estimate of drug-likeness (QED) is 0.308. The third-order valence-electron chi connectivity index (χ3n) is 3.86. The number of hydrogen-bond donors (Lipinski definition) is 0. The van der Waals surface area contributed by atoms with Gasteiger partial charge in [0.25, 0.3) is 0 Å². The van der Waals surface area contributed by atoms with E-state index < -0.39 is 0 Å². The van der Waals surface area contributed by atoms with Crippen LogP contribution < -0.4 is 10.2 Å². The van der Waals surface area contributed by atoms with Crippen molar-refractivity contribution in [2.75, 3.05) is 13.2 Å². The molecule has 24 heavy (non-hydrogen) atoms. The highest BCUT2D eigenvalue weighted by molar-refractivity contribution is 6.33. The summed E-state index contributed by atoms with van der Waals surface area (Å²) in [6.07, 6.45) is 3.98. The first kappa shape index (κ1) is 18.1. The maximum atomic E-state index is 11.2. The second-order valence-corrected chi connectivity index (χ2v) is 6.19. The van der Waals surface area contributed by atoms with E-state index in [-0.39, 0.29) is 5.97 Å². The van der Waals surface area contributed by atoms with Crippen LogP contribution in [0, 0.1) is 0 Å². The van der Waals surface area contributed by atoms with Crippen LogP contribution in [0.5, 0.6) is 5.75 Å². The van der Waals surface area contributed by atoms with Crippen LogP contribution in [0.3, 0.4) is 0 Å². The van der Waals surface area contributed by atoms with E-state index in [9.17, 15) is 4.79 Å². The molecule has 2 aromatic carbocycles. The van der Waals surface area contributed by atoms with E-state index in [1.54, 1.807) is 6.92 Å². The van der Waals surface area contributed by atoms with Crippen LogP contribution in [0.25, 0.3) is 10.8 Å². The number of esters is 1. The van der Waals surface area contributed by atoms with Crippen molar-refractivity contribution >= 4 is 30.1 Å². The van der Waals surface area contributed by atoms with Gasteiger partial charge in [-0.3, -0.25) is 0 Å². The van der Waals surface area contributed by atoms with Crippen molar-refractivity contribution in [3.05, 3.63) is 48.6 Å². The molecule has 126 valence electrons. The van der Waals surface area contributed by atoms with E-state index in [1.165, 1.54) is 16.2 Å². The third-order valence-corrected chi connectivity index (χ3v) is 3.86. The van der Waals surface area contributed by atoms with Crippen LogP contribution in [0.4, 0.5) is 0 Å². The summed E-state index contributed by atoms with van der Waals surface area (Å²) < 4.78 is 10.9. The lowest BCUT2D eigenvalue weighted by Crippen LogP contribution is -2.06. The molecular formula is C20H25BO3. The lowest BCUT2D eigenvalue weighted by molar-refractivity contribution is -0.139. The van der Waals surface area contributed by atoms with Crippen molar-refractivity contribution in [1.29, 1.82) is 0 Å². The van der Waals surface area contributed by atoms with Crippen molar-refractivity contribution in [3.8, 4) is 5.75 Å². The molecule has 3 nitrogen and oxygen atoms in total. The van der Waals surface area contributed by atoms with Crippen molar-refractivity contribution in [2.24, 2.45) is 0 Å². The Bertz CT molecular complexity index is 709. The zero-order valence-electron chi connectivity index (χ0n) is 14.6. The summed E-state index contributed by atoms with van der Waals surface area (Å²) >= 11 is 0. The number of carbonyl (C=O) groups is 1. The third kappa shape index (κ3) is 5.76. The van der Waals surface area contributed by atoms with Gasteiger partial charge in [0.1, 0.15) is 13.6 Å². The molecule has 0 N–H and O–H groups in total. The Morgan fingerprint density at radius 3 is 2.42 bits per heavy atom. The van der Waals surface area contributed by atoms with Gasteiger partial charge in [-0.25, -0.2) is 4.79 Å². The Morgan fingerprint density at radius 1 is 1.00 bits per heavy atom. The van der Waals surface area contributed by atoms with Crippen LogP contribution in [-0.4, -0.2) is 27.0 Å². The van der Waals surface area contributed by atoms with E-state index in [2.05, 4.69) is 44.8 Å². The molecule has 0 saturated carbocycles. The molecule has 2 rings (SSSR count). The molecule has 0 radical (unpaired) electrons. The minimum atomic E-state index is -0.301. The summed E-state index contributed by atoms with van der Waals surface area (Å²) in [5, 5.41) is 2.45. The number of carbonyl (C=O) groups excluding carboxylic acids is 1. The van der Waals surface area contributed by atoms with Gasteiger partial charge in [0.2, 0.25) is 0 Å². The molecule has 0 aliphatic rings. The summed E-state index contributed by atoms with van der Waals surface area (Å²) in [5.41, 5.74) is 1.72. The van der Waals surface area contributed by atoms with Gasteiger partial charge in [0.15, 0.2) is 0 Å². The number of unbranched alkanes of at least 4 members (excludes halogenated alkanes) is 3. The first-order chi connectivity index (χ1) is 11.6. The second kappa shape index (κ2) is 9.16. The average molecular weight is 324 g/mol. The highest BCUT2D eigenvalue weighted by Gasteiger charge is 2.02. The van der Waals surface area contributed by atoms with Crippen LogP contribution >= 0.6 is 0 Å². The fourth-order valence-corrected chi connectivity index (χ4v) is 2.47. The van der Waals surface area contributed by atoms with Crippen LogP contribution in [0.1, 0.15) is 32.6 Å². The van der Waals surface area contributed by atoms with E-state index in [0.29, 0.717) is 18.8 Å². The van der Waals surface area contributed by atoms with Gasteiger partial charge in [-0.1, -0.05) is 36.3 Å². The molecule has 0 fully saturated rings. The first-order valence-electron chi connectivity index (χ1n) is 8.52. The topological polar surface area (TPSA) is 35.5 Å². The first-order valence-corrected chi connectivity index (χ1v) is 8.52. The van der Waals surface area contributed by atoms with Gasteiger partial charge in [0.05, 0.1) is 13.2 Å². The Kier molecular flexibility index (Phi) is 6.92. The zero-order valence-corrected chi connectivity index (χ0v) is 14.6. The summed E-state index contributed by atoms with van der Waals surface area (Å²) in [4.78, 5) is 11.2. The molecule has 0 heterocycles. The molecule has 0 unspecified atom stereocenters. The minimum Gasteiger partial charge on any atom is -0.494 e. The predicted molar refractivity (Wildman–Crippen MR) is 102 cm³/mol. The van der Waals surface area contributed by atoms with E-state index in [0.717, 1.165) is 31.4 Å². The molecule has 0 aromatic heterocycles. The van der Waals surface area contributed by atoms with Gasteiger partial charge in [-0.15, -0.1) is 0 Å². The number of benzene rings is 2. The summed E-state index contributed by atoms with van der Waals surface area (Å²) in [5.74, 6) is 0.617. The van der Waals surface area contributed by atoms with Crippen LogP contribution in [0.15, 0.2) is 48.6 Å². The van der Waals surface area contributed by atoms with Gasteiger partial charge >= 0.3 is 5.97 Å². The number of ether oxygens (including phenoxy) is 2. The van der Waals surface area contributed by atoms with Gasteiger partial charge < -0.3 is 9.47 Å². The molecular weight excluding hydrogens is 299 g/mol. The van der Waals surface area contributed by atoms with Crippen molar-refractivity contribution in [2.45, 2.75) is 32.6 Å². The smallest absolute Gasteiger partial charge is 0.333 e. The maximum absolute atomic E-state index is 11.2. The Balaban J connectivity index is 1.62. The Labute approximate surface area is 145 Å². The van der Waals surface area contributed by atoms with Crippen LogP contribution in [-0.2, 0) is 9.53 Å². The maximum Gasteiger partial charge on any atom is 0.333 e. The fraction of sp³-hybridized carbons (Fsp3) is 0.350. The summed E-state index contributed by atoms with van der Waals surface area (Å²) in [6, 6.07) is 12.6. The lowest BCUT2D eigenvalue weighted by Gasteiger charge is -2.08. The molecule has 0 amide bonds. The normalized spacial score (nSPS) is 10.5. The second-order valence-electron chi connectivity index (χ2n) is 6.19. The van der Waals surface area contributed by atoms with E-state index in [1.807, 2.05) is 6.07 Å². The van der Waals surface area contributed by atoms with Crippen molar-refractivity contribution in [1.82, 2.24) is 0 Å². The zero-order chi connectivity index (χ0) is 17.4. The molecule has 2 aromatic rings. The molecule has 0 saturated heterocycles. The molecule has 0 bridgehead atoms. The van der Waals surface area contributed by atoms with Gasteiger partial charge in [-0.05, 0) is 55.5 Å². The molecule has 0 aliphatic carbocycles. The highest BCUT2D eigenvalue weighted by Crippen LogP contribution is 2.20. The fourth-order valence-electron chi connectivity index (χ4n) is 2.47. The van der Waals surface area contributed by atoms with E-state index in [4.69, 9.17) is 9.47 Å². The summed E-state index contributed by atoms with van der Waals surface area (Å²) in [6.45, 7) is 6.40. The highest BCUT2D eigenvalue weighted by atomic mass is 16.5. The number of fused-ring (bicyclic) bond motifs is 1. The SMILES string of the molecule is Bc1ccc2cc(OCCCCCCOC(=O)C(=C)C)ccc2c1. The average Bonchev–Trinajstić information content (AvgIpc) is 2.56. The Hall–Kier alpha value is -2.23. The van der Waals surface area contributed by atoms with Crippen LogP contribution in [0.2, 0.25) is 0 Å². The van der Waals surface area contributed by atoms with Gasteiger partial charge in [-0.2, -0.15) is 0 Å². The predicted octanol–water partition coefficient (Wildman–Crippen LogP) is 3.16. The largest absolute Gasteiger partial charge is 0.494 e. The minimum absolute atomic E-state index is 0.301.